The normalized spacial score (nSPS) is 16.8. The summed E-state index contributed by atoms with van der Waals surface area (Å²) >= 11 is 0. The fraction of sp³-hybridized carbons (Fsp3) is 0.200. The molecule has 0 bridgehead atoms. The van der Waals surface area contributed by atoms with Crippen molar-refractivity contribution in [1.82, 2.24) is 4.90 Å². The SMILES string of the molecule is CP1C=CN(Cc2ccco2)C=C1. The Hall–Kier alpha value is -1.01. The molecule has 0 spiro atoms. The molecule has 0 saturated heterocycles. The van der Waals surface area contributed by atoms with Gasteiger partial charge in [-0.1, -0.05) is 7.92 Å². The van der Waals surface area contributed by atoms with Gasteiger partial charge in [-0.25, -0.2) is 0 Å². The summed E-state index contributed by atoms with van der Waals surface area (Å²) in [5.41, 5.74) is 0. The Morgan fingerprint density at radius 1 is 1.38 bits per heavy atom. The molecule has 0 aromatic carbocycles. The Morgan fingerprint density at radius 3 is 2.77 bits per heavy atom. The van der Waals surface area contributed by atoms with Crippen molar-refractivity contribution in [1.29, 1.82) is 0 Å². The van der Waals surface area contributed by atoms with E-state index >= 15 is 0 Å². The zero-order chi connectivity index (χ0) is 9.10. The molecule has 0 N–H and O–H groups in total. The molecule has 0 fully saturated rings. The summed E-state index contributed by atoms with van der Waals surface area (Å²) in [6, 6.07) is 3.91. The summed E-state index contributed by atoms with van der Waals surface area (Å²) in [7, 11) is -0.0148. The second-order valence-corrected chi connectivity index (χ2v) is 4.94. The predicted molar refractivity (Wildman–Crippen MR) is 55.4 cm³/mol. The monoisotopic (exact) mass is 193 g/mol. The lowest BCUT2D eigenvalue weighted by molar-refractivity contribution is 0.410. The molecular weight excluding hydrogens is 181 g/mol. The first-order valence-corrected chi connectivity index (χ1v) is 6.14. The van der Waals surface area contributed by atoms with E-state index in [0.717, 1.165) is 12.3 Å². The van der Waals surface area contributed by atoms with Crippen LogP contribution in [0, 0.1) is 0 Å². The highest BCUT2D eigenvalue weighted by Gasteiger charge is 2.03. The molecule has 2 nitrogen and oxygen atoms in total. The first-order chi connectivity index (χ1) is 6.34. The average Bonchev–Trinajstić information content (AvgIpc) is 2.62. The Bertz CT molecular complexity index is 302. The van der Waals surface area contributed by atoms with E-state index in [0.29, 0.717) is 0 Å². The largest absolute Gasteiger partial charge is 0.467 e. The Balaban J connectivity index is 1.97. The van der Waals surface area contributed by atoms with Gasteiger partial charge < -0.3 is 9.32 Å². The Labute approximate surface area is 79.3 Å². The van der Waals surface area contributed by atoms with E-state index in [4.69, 9.17) is 4.42 Å². The van der Waals surface area contributed by atoms with Crippen LogP contribution in [-0.2, 0) is 6.54 Å². The molecule has 0 aliphatic carbocycles. The van der Waals surface area contributed by atoms with Crippen molar-refractivity contribution in [3.05, 3.63) is 48.2 Å². The maximum atomic E-state index is 5.26. The van der Waals surface area contributed by atoms with Gasteiger partial charge in [0.1, 0.15) is 5.76 Å². The Morgan fingerprint density at radius 2 is 2.15 bits per heavy atom. The van der Waals surface area contributed by atoms with E-state index in [1.807, 2.05) is 12.1 Å². The summed E-state index contributed by atoms with van der Waals surface area (Å²) in [5, 5.41) is 0. The van der Waals surface area contributed by atoms with Crippen LogP contribution in [0.5, 0.6) is 0 Å². The molecule has 3 heteroatoms. The lowest BCUT2D eigenvalue weighted by Crippen LogP contribution is -2.09. The van der Waals surface area contributed by atoms with Crippen molar-refractivity contribution in [3.63, 3.8) is 0 Å². The maximum Gasteiger partial charge on any atom is 0.123 e. The van der Waals surface area contributed by atoms with Crippen molar-refractivity contribution in [2.24, 2.45) is 0 Å². The zero-order valence-electron chi connectivity index (χ0n) is 7.55. The lowest BCUT2D eigenvalue weighted by atomic mass is 10.4. The minimum Gasteiger partial charge on any atom is -0.467 e. The maximum absolute atomic E-state index is 5.26. The molecule has 1 aliphatic rings. The highest BCUT2D eigenvalue weighted by Crippen LogP contribution is 2.36. The summed E-state index contributed by atoms with van der Waals surface area (Å²) < 4.78 is 5.26. The van der Waals surface area contributed by atoms with Crippen LogP contribution < -0.4 is 0 Å². The van der Waals surface area contributed by atoms with Crippen LogP contribution in [-0.4, -0.2) is 11.6 Å². The lowest BCUT2D eigenvalue weighted by Gasteiger charge is -2.18. The fourth-order valence-corrected chi connectivity index (χ4v) is 2.03. The van der Waals surface area contributed by atoms with Crippen LogP contribution in [0.1, 0.15) is 5.76 Å². The molecule has 13 heavy (non-hydrogen) atoms. The van der Waals surface area contributed by atoms with E-state index in [1.165, 1.54) is 0 Å². The van der Waals surface area contributed by atoms with Gasteiger partial charge in [0, 0.05) is 12.4 Å². The van der Waals surface area contributed by atoms with E-state index < -0.39 is 0 Å². The average molecular weight is 193 g/mol. The van der Waals surface area contributed by atoms with Crippen molar-refractivity contribution in [2.75, 3.05) is 6.66 Å². The fourth-order valence-electron chi connectivity index (χ4n) is 1.17. The van der Waals surface area contributed by atoms with E-state index in [-0.39, 0.29) is 7.92 Å². The van der Waals surface area contributed by atoms with E-state index in [2.05, 4.69) is 35.6 Å². The van der Waals surface area contributed by atoms with Gasteiger partial charge in [-0.05, 0) is 30.4 Å². The first kappa shape index (κ1) is 8.58. The van der Waals surface area contributed by atoms with Crippen molar-refractivity contribution in [3.8, 4) is 0 Å². The number of rotatable bonds is 2. The van der Waals surface area contributed by atoms with Crippen LogP contribution in [0.4, 0.5) is 0 Å². The summed E-state index contributed by atoms with van der Waals surface area (Å²) in [4.78, 5) is 2.13. The first-order valence-electron chi connectivity index (χ1n) is 4.21. The third kappa shape index (κ3) is 2.22. The summed E-state index contributed by atoms with van der Waals surface area (Å²) in [6.07, 6.45) is 5.95. The van der Waals surface area contributed by atoms with Crippen molar-refractivity contribution >= 4 is 7.92 Å². The molecule has 0 amide bonds. The highest BCUT2D eigenvalue weighted by molar-refractivity contribution is 7.63. The van der Waals surface area contributed by atoms with Crippen LogP contribution >= 0.6 is 7.92 Å². The quantitative estimate of drug-likeness (QED) is 0.671. The number of nitrogens with zero attached hydrogens (tertiary/aromatic N) is 1. The number of furan rings is 1. The van der Waals surface area contributed by atoms with E-state index in [1.54, 1.807) is 6.26 Å². The molecular formula is C10H12NOP. The third-order valence-corrected chi connectivity index (χ3v) is 3.11. The van der Waals surface area contributed by atoms with Gasteiger partial charge in [0.2, 0.25) is 0 Å². The zero-order valence-corrected chi connectivity index (χ0v) is 8.45. The van der Waals surface area contributed by atoms with Gasteiger partial charge in [0.25, 0.3) is 0 Å². The van der Waals surface area contributed by atoms with Gasteiger partial charge in [-0.15, -0.1) is 0 Å². The van der Waals surface area contributed by atoms with Crippen molar-refractivity contribution in [2.45, 2.75) is 6.54 Å². The van der Waals surface area contributed by atoms with Crippen LogP contribution in [0.25, 0.3) is 0 Å². The van der Waals surface area contributed by atoms with Gasteiger partial charge in [-0.2, -0.15) is 0 Å². The summed E-state index contributed by atoms with van der Waals surface area (Å²) in [5.74, 6) is 5.47. The Kier molecular flexibility index (Phi) is 2.51. The van der Waals surface area contributed by atoms with Crippen LogP contribution in [0.15, 0.2) is 46.8 Å². The van der Waals surface area contributed by atoms with Gasteiger partial charge in [-0.3, -0.25) is 0 Å². The molecule has 0 saturated carbocycles. The molecule has 1 aromatic rings. The van der Waals surface area contributed by atoms with Gasteiger partial charge in [0.15, 0.2) is 0 Å². The summed E-state index contributed by atoms with van der Waals surface area (Å²) in [6.45, 7) is 3.05. The smallest absolute Gasteiger partial charge is 0.123 e. The second kappa shape index (κ2) is 3.80. The van der Waals surface area contributed by atoms with Crippen LogP contribution in [0.3, 0.4) is 0 Å². The molecule has 2 rings (SSSR count). The number of hydrogen-bond donors (Lipinski definition) is 0. The highest BCUT2D eigenvalue weighted by atomic mass is 31.1. The molecule has 2 heterocycles. The third-order valence-electron chi connectivity index (χ3n) is 1.91. The van der Waals surface area contributed by atoms with Gasteiger partial charge >= 0.3 is 0 Å². The molecule has 0 unspecified atom stereocenters. The van der Waals surface area contributed by atoms with Crippen molar-refractivity contribution < 1.29 is 4.42 Å². The molecule has 1 aromatic heterocycles. The van der Waals surface area contributed by atoms with Gasteiger partial charge in [0.05, 0.1) is 12.8 Å². The topological polar surface area (TPSA) is 16.4 Å². The number of hydrogen-bond acceptors (Lipinski definition) is 2. The molecule has 68 valence electrons. The standard InChI is InChI=1S/C10H12NOP/c1-13-7-4-11(5-8-13)9-10-3-2-6-12-10/h2-8H,9H2,1H3. The molecule has 0 atom stereocenters. The van der Waals surface area contributed by atoms with Crippen LogP contribution in [0.2, 0.25) is 0 Å². The molecule has 0 radical (unpaired) electrons. The van der Waals surface area contributed by atoms with E-state index in [9.17, 15) is 0 Å². The minimum atomic E-state index is -0.0148. The molecule has 1 aliphatic heterocycles. The minimum absolute atomic E-state index is 0.0148. The second-order valence-electron chi connectivity index (χ2n) is 3.01. The predicted octanol–water partition coefficient (Wildman–Crippen LogP) is 3.15.